The fourth-order valence-electron chi connectivity index (χ4n) is 1.75. The molecule has 0 amide bonds. The number of nitrogen functional groups attached to an aromatic ring is 1. The van der Waals surface area contributed by atoms with E-state index in [-0.39, 0.29) is 11.7 Å². The Balaban J connectivity index is 2.80. The Morgan fingerprint density at radius 2 is 2.29 bits per heavy atom. The van der Waals surface area contributed by atoms with E-state index in [0.717, 1.165) is 0 Å². The van der Waals surface area contributed by atoms with Crippen LogP contribution in [-0.2, 0) is 4.74 Å². The number of fused-ring (bicyclic) bond motifs is 1. The summed E-state index contributed by atoms with van der Waals surface area (Å²) >= 11 is 0. The summed E-state index contributed by atoms with van der Waals surface area (Å²) in [6.07, 6.45) is 1.77. The van der Waals surface area contributed by atoms with Crippen LogP contribution in [0.1, 0.15) is 29.3 Å². The van der Waals surface area contributed by atoms with E-state index in [1.807, 2.05) is 0 Å². The van der Waals surface area contributed by atoms with Crippen molar-refractivity contribution in [3.8, 4) is 0 Å². The van der Waals surface area contributed by atoms with Gasteiger partial charge in [0.1, 0.15) is 11.3 Å². The zero-order valence-electron chi connectivity index (χ0n) is 9.68. The summed E-state index contributed by atoms with van der Waals surface area (Å²) in [4.78, 5) is 15.8. The van der Waals surface area contributed by atoms with E-state index in [1.165, 1.54) is 7.11 Å². The Bertz CT molecular complexity index is 574. The third-order valence-electron chi connectivity index (χ3n) is 2.51. The van der Waals surface area contributed by atoms with E-state index in [4.69, 9.17) is 11.5 Å². The standard InChI is InChI=1S/C11H14N4O2/c1-6(12)10-14-8(11(16)17-2)9-7(13)4-3-5-15(9)10/h3-6H,12-13H2,1-2H3. The average Bonchev–Trinajstić information content (AvgIpc) is 2.69. The molecule has 6 nitrogen and oxygen atoms in total. The molecule has 0 aliphatic rings. The molecule has 2 heterocycles. The van der Waals surface area contributed by atoms with Crippen LogP contribution in [0.2, 0.25) is 0 Å². The van der Waals surface area contributed by atoms with Crippen molar-refractivity contribution in [2.24, 2.45) is 5.73 Å². The molecule has 0 aliphatic carbocycles. The number of esters is 1. The topological polar surface area (TPSA) is 95.6 Å². The number of imidazole rings is 1. The first-order valence-electron chi connectivity index (χ1n) is 5.16. The summed E-state index contributed by atoms with van der Waals surface area (Å²) in [7, 11) is 1.30. The van der Waals surface area contributed by atoms with Gasteiger partial charge in [0.2, 0.25) is 0 Å². The molecule has 90 valence electrons. The van der Waals surface area contributed by atoms with Gasteiger partial charge in [0.15, 0.2) is 5.69 Å². The molecule has 0 spiro atoms. The SMILES string of the molecule is COC(=O)c1nc(C(C)N)n2cccc(N)c12. The summed E-state index contributed by atoms with van der Waals surface area (Å²) in [5.74, 6) is 0.0556. The molecule has 2 aromatic heterocycles. The number of methoxy groups -OCH3 is 1. The first-order chi connectivity index (χ1) is 8.06. The molecule has 0 aromatic carbocycles. The number of nitrogens with zero attached hydrogens (tertiary/aromatic N) is 2. The van der Waals surface area contributed by atoms with E-state index in [0.29, 0.717) is 17.0 Å². The Morgan fingerprint density at radius 1 is 1.59 bits per heavy atom. The monoisotopic (exact) mass is 234 g/mol. The second-order valence-corrected chi connectivity index (χ2v) is 3.78. The lowest BCUT2D eigenvalue weighted by Crippen LogP contribution is -2.10. The molecule has 0 saturated heterocycles. The van der Waals surface area contributed by atoms with Crippen LogP contribution < -0.4 is 11.5 Å². The molecular formula is C11H14N4O2. The third kappa shape index (κ3) is 1.72. The van der Waals surface area contributed by atoms with Gasteiger partial charge in [0.25, 0.3) is 0 Å². The highest BCUT2D eigenvalue weighted by molar-refractivity contribution is 5.98. The summed E-state index contributed by atoms with van der Waals surface area (Å²) in [6, 6.07) is 3.17. The maximum Gasteiger partial charge on any atom is 0.359 e. The highest BCUT2D eigenvalue weighted by Gasteiger charge is 2.21. The molecule has 1 atom stereocenters. The highest BCUT2D eigenvalue weighted by atomic mass is 16.5. The number of carbonyl (C=O) groups is 1. The van der Waals surface area contributed by atoms with Crippen molar-refractivity contribution in [2.75, 3.05) is 12.8 Å². The molecule has 2 aromatic rings. The van der Waals surface area contributed by atoms with Crippen molar-refractivity contribution in [1.29, 1.82) is 0 Å². The van der Waals surface area contributed by atoms with Crippen molar-refractivity contribution < 1.29 is 9.53 Å². The number of rotatable bonds is 2. The van der Waals surface area contributed by atoms with Crippen molar-refractivity contribution in [1.82, 2.24) is 9.38 Å². The van der Waals surface area contributed by atoms with E-state index in [1.54, 1.807) is 29.7 Å². The Kier molecular flexibility index (Phi) is 2.72. The van der Waals surface area contributed by atoms with Crippen molar-refractivity contribution in [3.63, 3.8) is 0 Å². The summed E-state index contributed by atoms with van der Waals surface area (Å²) in [5.41, 5.74) is 12.9. The average molecular weight is 234 g/mol. The molecule has 0 aliphatic heterocycles. The summed E-state index contributed by atoms with van der Waals surface area (Å²) in [6.45, 7) is 1.79. The van der Waals surface area contributed by atoms with Gasteiger partial charge < -0.3 is 16.2 Å². The largest absolute Gasteiger partial charge is 0.464 e. The summed E-state index contributed by atoms with van der Waals surface area (Å²) < 4.78 is 6.40. The minimum Gasteiger partial charge on any atom is -0.464 e. The quantitative estimate of drug-likeness (QED) is 0.746. The molecule has 0 fully saturated rings. The first kappa shape index (κ1) is 11.4. The number of hydrogen-bond acceptors (Lipinski definition) is 5. The van der Waals surface area contributed by atoms with Gasteiger partial charge in [-0.25, -0.2) is 9.78 Å². The fraction of sp³-hybridized carbons (Fsp3) is 0.273. The second-order valence-electron chi connectivity index (χ2n) is 3.78. The van der Waals surface area contributed by atoms with E-state index in [9.17, 15) is 4.79 Å². The summed E-state index contributed by atoms with van der Waals surface area (Å²) in [5, 5.41) is 0. The first-order valence-corrected chi connectivity index (χ1v) is 5.16. The van der Waals surface area contributed by atoms with Crippen LogP contribution in [0.4, 0.5) is 5.69 Å². The van der Waals surface area contributed by atoms with Crippen molar-refractivity contribution >= 4 is 17.2 Å². The minimum absolute atomic E-state index is 0.193. The molecule has 2 rings (SSSR count). The smallest absolute Gasteiger partial charge is 0.359 e. The van der Waals surface area contributed by atoms with Gasteiger partial charge in [0, 0.05) is 6.20 Å². The lowest BCUT2D eigenvalue weighted by molar-refractivity contribution is 0.0597. The number of hydrogen-bond donors (Lipinski definition) is 2. The maximum absolute atomic E-state index is 11.6. The molecule has 0 saturated carbocycles. The van der Waals surface area contributed by atoms with Crippen molar-refractivity contribution in [2.45, 2.75) is 13.0 Å². The van der Waals surface area contributed by atoms with Gasteiger partial charge in [-0.15, -0.1) is 0 Å². The van der Waals surface area contributed by atoms with Crippen LogP contribution in [0.15, 0.2) is 18.3 Å². The number of aromatic nitrogens is 2. The number of pyridine rings is 1. The van der Waals surface area contributed by atoms with E-state index >= 15 is 0 Å². The number of ether oxygens (including phenoxy) is 1. The molecule has 4 N–H and O–H groups in total. The lowest BCUT2D eigenvalue weighted by atomic mass is 10.3. The second kappa shape index (κ2) is 4.06. The number of carbonyl (C=O) groups excluding carboxylic acids is 1. The minimum atomic E-state index is -0.521. The highest BCUT2D eigenvalue weighted by Crippen LogP contribution is 2.22. The lowest BCUT2D eigenvalue weighted by Gasteiger charge is -2.04. The Hall–Kier alpha value is -2.08. The van der Waals surface area contributed by atoms with Gasteiger partial charge in [-0.05, 0) is 19.1 Å². The third-order valence-corrected chi connectivity index (χ3v) is 2.51. The molecular weight excluding hydrogens is 220 g/mol. The van der Waals surface area contributed by atoms with Crippen LogP contribution in [0.3, 0.4) is 0 Å². The van der Waals surface area contributed by atoms with Crippen LogP contribution in [0.25, 0.3) is 5.52 Å². The predicted molar refractivity (Wildman–Crippen MR) is 63.5 cm³/mol. The predicted octanol–water partition coefficient (Wildman–Crippen LogP) is 0.723. The molecule has 17 heavy (non-hydrogen) atoms. The molecule has 1 unspecified atom stereocenters. The van der Waals surface area contributed by atoms with Gasteiger partial charge in [-0.1, -0.05) is 0 Å². The number of anilines is 1. The van der Waals surface area contributed by atoms with Crippen LogP contribution in [0.5, 0.6) is 0 Å². The Morgan fingerprint density at radius 3 is 2.88 bits per heavy atom. The molecule has 0 bridgehead atoms. The van der Waals surface area contributed by atoms with Gasteiger partial charge in [-0.2, -0.15) is 0 Å². The number of nitrogens with two attached hydrogens (primary N) is 2. The van der Waals surface area contributed by atoms with Crippen molar-refractivity contribution in [3.05, 3.63) is 29.8 Å². The zero-order valence-corrected chi connectivity index (χ0v) is 9.68. The fourth-order valence-corrected chi connectivity index (χ4v) is 1.75. The Labute approximate surface area is 98.2 Å². The zero-order chi connectivity index (χ0) is 12.6. The normalized spacial score (nSPS) is 12.6. The van der Waals surface area contributed by atoms with Gasteiger partial charge in [-0.3, -0.25) is 4.40 Å². The maximum atomic E-state index is 11.6. The van der Waals surface area contributed by atoms with E-state index in [2.05, 4.69) is 9.72 Å². The van der Waals surface area contributed by atoms with Crippen LogP contribution in [-0.4, -0.2) is 22.5 Å². The van der Waals surface area contributed by atoms with Crippen LogP contribution >= 0.6 is 0 Å². The van der Waals surface area contributed by atoms with Gasteiger partial charge >= 0.3 is 5.97 Å². The molecule has 0 radical (unpaired) electrons. The van der Waals surface area contributed by atoms with Gasteiger partial charge in [0.05, 0.1) is 18.8 Å². The molecule has 6 heteroatoms. The van der Waals surface area contributed by atoms with Crippen LogP contribution in [0, 0.1) is 0 Å². The van der Waals surface area contributed by atoms with E-state index < -0.39 is 5.97 Å².